The summed E-state index contributed by atoms with van der Waals surface area (Å²) in [6, 6.07) is 9.49. The normalized spacial score (nSPS) is 22.8. The number of ketones is 1. The third kappa shape index (κ3) is 3.91. The number of non-ortho nitro benzene ring substituents is 1. The molecule has 0 radical (unpaired) electrons. The van der Waals surface area contributed by atoms with Crippen LogP contribution in [0.5, 0.6) is 0 Å². The van der Waals surface area contributed by atoms with Crippen molar-refractivity contribution in [2.24, 2.45) is 0 Å². The monoisotopic (exact) mass is 426 g/mol. The van der Waals surface area contributed by atoms with Gasteiger partial charge in [-0.05, 0) is 30.5 Å². The lowest BCUT2D eigenvalue weighted by Crippen LogP contribution is -2.36. The number of rotatable bonds is 5. The SMILES string of the molecule is O=C1C(=O)N(CC2CCCO2)C(c2ccc(F)cc2)/C1=C(/O)c1cccc([N+](=O)[O-])c1. The van der Waals surface area contributed by atoms with E-state index in [-0.39, 0.29) is 29.5 Å². The first kappa shape index (κ1) is 20.7. The first-order valence-electron chi connectivity index (χ1n) is 9.77. The van der Waals surface area contributed by atoms with E-state index >= 15 is 0 Å². The Bertz CT molecular complexity index is 1080. The minimum absolute atomic E-state index is 0.0384. The Balaban J connectivity index is 1.83. The first-order valence-corrected chi connectivity index (χ1v) is 9.77. The molecule has 1 N–H and O–H groups in total. The van der Waals surface area contributed by atoms with Crippen molar-refractivity contribution < 1.29 is 28.7 Å². The van der Waals surface area contributed by atoms with Gasteiger partial charge in [0.25, 0.3) is 17.4 Å². The van der Waals surface area contributed by atoms with Crippen LogP contribution < -0.4 is 0 Å². The van der Waals surface area contributed by atoms with Gasteiger partial charge >= 0.3 is 0 Å². The van der Waals surface area contributed by atoms with Crippen LogP contribution >= 0.6 is 0 Å². The Morgan fingerprint density at radius 1 is 1.23 bits per heavy atom. The number of ether oxygens (including phenoxy) is 1. The largest absolute Gasteiger partial charge is 0.507 e. The lowest BCUT2D eigenvalue weighted by Gasteiger charge is -2.27. The van der Waals surface area contributed by atoms with Gasteiger partial charge in [-0.25, -0.2) is 4.39 Å². The lowest BCUT2D eigenvalue weighted by atomic mass is 9.95. The number of hydrogen-bond acceptors (Lipinski definition) is 6. The molecule has 2 heterocycles. The predicted molar refractivity (Wildman–Crippen MR) is 107 cm³/mol. The van der Waals surface area contributed by atoms with E-state index in [4.69, 9.17) is 4.74 Å². The van der Waals surface area contributed by atoms with Crippen LogP contribution in [0.1, 0.15) is 30.0 Å². The van der Waals surface area contributed by atoms with Crippen molar-refractivity contribution in [2.75, 3.05) is 13.2 Å². The van der Waals surface area contributed by atoms with E-state index in [9.17, 15) is 29.2 Å². The summed E-state index contributed by atoms with van der Waals surface area (Å²) >= 11 is 0. The van der Waals surface area contributed by atoms with E-state index in [1.54, 1.807) is 0 Å². The Morgan fingerprint density at radius 2 is 1.97 bits per heavy atom. The van der Waals surface area contributed by atoms with Crippen molar-refractivity contribution in [3.63, 3.8) is 0 Å². The van der Waals surface area contributed by atoms with Crippen LogP contribution in [0.3, 0.4) is 0 Å². The Morgan fingerprint density at radius 3 is 2.61 bits per heavy atom. The summed E-state index contributed by atoms with van der Waals surface area (Å²) in [6.45, 7) is 0.696. The van der Waals surface area contributed by atoms with E-state index in [1.165, 1.54) is 47.4 Å². The second-order valence-corrected chi connectivity index (χ2v) is 7.45. The number of nitro benzene ring substituents is 1. The lowest BCUT2D eigenvalue weighted by molar-refractivity contribution is -0.384. The zero-order valence-corrected chi connectivity index (χ0v) is 16.4. The summed E-state index contributed by atoms with van der Waals surface area (Å²) in [5.41, 5.74) is 0.00748. The highest BCUT2D eigenvalue weighted by atomic mass is 19.1. The summed E-state index contributed by atoms with van der Waals surface area (Å²) in [6.07, 6.45) is 1.31. The molecule has 2 fully saturated rings. The second kappa shape index (κ2) is 8.27. The number of benzene rings is 2. The van der Waals surface area contributed by atoms with E-state index in [0.717, 1.165) is 18.9 Å². The molecule has 4 rings (SSSR count). The van der Waals surface area contributed by atoms with Gasteiger partial charge in [-0.15, -0.1) is 0 Å². The highest BCUT2D eigenvalue weighted by molar-refractivity contribution is 6.46. The standard InChI is InChI=1S/C22H19FN2O6/c23-15-8-6-13(7-9-15)19-18(20(26)14-3-1-4-16(11-14)25(29)30)21(27)22(28)24(19)12-17-5-2-10-31-17/h1,3-4,6-9,11,17,19,26H,2,5,10,12H2/b20-18-. The molecule has 8 nitrogen and oxygen atoms in total. The molecule has 160 valence electrons. The molecule has 0 saturated carbocycles. The van der Waals surface area contributed by atoms with E-state index in [1.807, 2.05) is 0 Å². The van der Waals surface area contributed by atoms with Crippen molar-refractivity contribution in [3.8, 4) is 0 Å². The van der Waals surface area contributed by atoms with Gasteiger partial charge in [0.1, 0.15) is 11.6 Å². The third-order valence-electron chi connectivity index (χ3n) is 5.48. The molecule has 1 amide bonds. The fourth-order valence-corrected chi connectivity index (χ4v) is 3.99. The maximum Gasteiger partial charge on any atom is 0.295 e. The summed E-state index contributed by atoms with van der Waals surface area (Å²) in [4.78, 5) is 37.6. The number of halogens is 1. The van der Waals surface area contributed by atoms with Gasteiger partial charge in [-0.2, -0.15) is 0 Å². The fraction of sp³-hybridized carbons (Fsp3) is 0.273. The number of aliphatic hydroxyl groups excluding tert-OH is 1. The molecule has 31 heavy (non-hydrogen) atoms. The van der Waals surface area contributed by atoms with Gasteiger partial charge in [-0.3, -0.25) is 19.7 Å². The molecule has 9 heteroatoms. The number of nitrogens with zero attached hydrogens (tertiary/aromatic N) is 2. The van der Waals surface area contributed by atoms with Crippen molar-refractivity contribution in [2.45, 2.75) is 25.0 Å². The summed E-state index contributed by atoms with van der Waals surface area (Å²) < 4.78 is 19.1. The Labute approximate surface area is 176 Å². The molecule has 0 bridgehead atoms. The number of hydrogen-bond donors (Lipinski definition) is 1. The molecule has 2 saturated heterocycles. The number of aliphatic hydroxyl groups is 1. The Kier molecular flexibility index (Phi) is 5.51. The fourth-order valence-electron chi connectivity index (χ4n) is 3.99. The van der Waals surface area contributed by atoms with Crippen LogP contribution in [0.4, 0.5) is 10.1 Å². The maximum atomic E-state index is 13.5. The van der Waals surface area contributed by atoms with E-state index in [0.29, 0.717) is 12.2 Å². The summed E-state index contributed by atoms with van der Waals surface area (Å²) in [5, 5.41) is 22.0. The van der Waals surface area contributed by atoms with Gasteiger partial charge in [0.2, 0.25) is 0 Å². The highest BCUT2D eigenvalue weighted by Crippen LogP contribution is 2.40. The minimum atomic E-state index is -0.968. The smallest absolute Gasteiger partial charge is 0.295 e. The van der Waals surface area contributed by atoms with Crippen LogP contribution in [0.2, 0.25) is 0 Å². The summed E-state index contributed by atoms with van der Waals surface area (Å²) in [5.74, 6) is -2.72. The minimum Gasteiger partial charge on any atom is -0.507 e. The van der Waals surface area contributed by atoms with E-state index < -0.39 is 34.2 Å². The number of carbonyl (C=O) groups is 2. The molecule has 0 aromatic heterocycles. The number of amides is 1. The zero-order chi connectivity index (χ0) is 22.1. The number of likely N-dealkylation sites (tertiary alicyclic amines) is 1. The van der Waals surface area contributed by atoms with Crippen molar-refractivity contribution in [1.29, 1.82) is 0 Å². The molecule has 2 aromatic carbocycles. The molecule has 0 aliphatic carbocycles. The highest BCUT2D eigenvalue weighted by Gasteiger charge is 2.47. The molecule has 2 aliphatic heterocycles. The average molecular weight is 426 g/mol. The number of Topliss-reactive ketones (excluding diaryl/α,β-unsaturated/α-hetero) is 1. The topological polar surface area (TPSA) is 110 Å². The van der Waals surface area contributed by atoms with Gasteiger partial charge in [0.05, 0.1) is 22.6 Å². The Hall–Kier alpha value is -3.59. The van der Waals surface area contributed by atoms with Gasteiger partial charge in [-0.1, -0.05) is 24.3 Å². The maximum absolute atomic E-state index is 13.5. The molecule has 2 unspecified atom stereocenters. The molecule has 0 spiro atoms. The molecule has 2 atom stereocenters. The molecule has 2 aromatic rings. The van der Waals surface area contributed by atoms with Gasteiger partial charge < -0.3 is 14.7 Å². The van der Waals surface area contributed by atoms with Crippen LogP contribution in [-0.2, 0) is 14.3 Å². The number of carbonyl (C=O) groups excluding carboxylic acids is 2. The van der Waals surface area contributed by atoms with E-state index in [2.05, 4.69) is 0 Å². The third-order valence-corrected chi connectivity index (χ3v) is 5.48. The quantitative estimate of drug-likeness (QED) is 0.258. The van der Waals surface area contributed by atoms with Crippen molar-refractivity contribution in [3.05, 3.63) is 81.2 Å². The van der Waals surface area contributed by atoms with Crippen LogP contribution in [0.25, 0.3) is 5.76 Å². The van der Waals surface area contributed by atoms with Crippen LogP contribution in [0.15, 0.2) is 54.1 Å². The molecule has 2 aliphatic rings. The summed E-state index contributed by atoms with van der Waals surface area (Å²) in [7, 11) is 0. The van der Waals surface area contributed by atoms with Crippen LogP contribution in [-0.4, -0.2) is 45.9 Å². The number of nitro groups is 1. The van der Waals surface area contributed by atoms with Gasteiger partial charge in [0, 0.05) is 30.8 Å². The van der Waals surface area contributed by atoms with Crippen LogP contribution in [0, 0.1) is 15.9 Å². The van der Waals surface area contributed by atoms with Crippen molar-refractivity contribution in [1.82, 2.24) is 4.90 Å². The molecular formula is C22H19FN2O6. The van der Waals surface area contributed by atoms with Crippen molar-refractivity contribution >= 4 is 23.1 Å². The first-order chi connectivity index (χ1) is 14.9. The zero-order valence-electron chi connectivity index (χ0n) is 16.4. The molecular weight excluding hydrogens is 407 g/mol. The average Bonchev–Trinajstić information content (AvgIpc) is 3.36. The van der Waals surface area contributed by atoms with Gasteiger partial charge in [0.15, 0.2) is 0 Å². The second-order valence-electron chi connectivity index (χ2n) is 7.45. The predicted octanol–water partition coefficient (Wildman–Crippen LogP) is 3.33.